The average Bonchev–Trinajstić information content (AvgIpc) is 2.89. The SMILES string of the molecule is Cc1nnc(CN[C@@H](CN2CCc3ccccc3C2)C(C)(C)C)n1C. The van der Waals surface area contributed by atoms with E-state index in [2.05, 4.69) is 70.0 Å². The smallest absolute Gasteiger partial charge is 0.146 e. The number of nitrogens with zero attached hydrogens (tertiary/aromatic N) is 4. The Labute approximate surface area is 151 Å². The number of hydrogen-bond acceptors (Lipinski definition) is 4. The van der Waals surface area contributed by atoms with Crippen LogP contribution in [0, 0.1) is 12.3 Å². The zero-order valence-corrected chi connectivity index (χ0v) is 16.2. The quantitative estimate of drug-likeness (QED) is 0.908. The first-order valence-corrected chi connectivity index (χ1v) is 9.22. The molecule has 5 heteroatoms. The van der Waals surface area contributed by atoms with Gasteiger partial charge < -0.3 is 9.88 Å². The molecule has 0 aliphatic carbocycles. The Morgan fingerprint density at radius 3 is 2.52 bits per heavy atom. The Kier molecular flexibility index (Phi) is 5.25. The molecule has 136 valence electrons. The molecule has 0 radical (unpaired) electrons. The average molecular weight is 342 g/mol. The Morgan fingerprint density at radius 2 is 1.88 bits per heavy atom. The molecule has 2 aromatic rings. The minimum Gasteiger partial charge on any atom is -0.317 e. The van der Waals surface area contributed by atoms with Crippen LogP contribution in [0.4, 0.5) is 0 Å². The van der Waals surface area contributed by atoms with E-state index in [-0.39, 0.29) is 5.41 Å². The van der Waals surface area contributed by atoms with E-state index in [4.69, 9.17) is 0 Å². The van der Waals surface area contributed by atoms with E-state index in [0.717, 1.165) is 44.2 Å². The minimum atomic E-state index is 0.185. The monoisotopic (exact) mass is 341 g/mol. The highest BCUT2D eigenvalue weighted by Crippen LogP contribution is 2.24. The van der Waals surface area contributed by atoms with E-state index in [0.29, 0.717) is 6.04 Å². The highest BCUT2D eigenvalue weighted by molar-refractivity contribution is 5.29. The molecule has 5 nitrogen and oxygen atoms in total. The van der Waals surface area contributed by atoms with Crippen molar-refractivity contribution < 1.29 is 0 Å². The van der Waals surface area contributed by atoms with Crippen molar-refractivity contribution >= 4 is 0 Å². The largest absolute Gasteiger partial charge is 0.317 e. The molecule has 1 aromatic carbocycles. The highest BCUT2D eigenvalue weighted by atomic mass is 15.3. The van der Waals surface area contributed by atoms with Gasteiger partial charge in [0, 0.05) is 32.7 Å². The van der Waals surface area contributed by atoms with Crippen molar-refractivity contribution in [2.24, 2.45) is 12.5 Å². The Hall–Kier alpha value is -1.72. The molecule has 0 bridgehead atoms. The van der Waals surface area contributed by atoms with Crippen LogP contribution in [0.15, 0.2) is 24.3 Å². The van der Waals surface area contributed by atoms with Gasteiger partial charge in [-0.15, -0.1) is 10.2 Å². The van der Waals surface area contributed by atoms with E-state index in [1.54, 1.807) is 0 Å². The fraction of sp³-hybridized carbons (Fsp3) is 0.600. The number of hydrogen-bond donors (Lipinski definition) is 1. The Balaban J connectivity index is 1.65. The molecule has 0 saturated carbocycles. The van der Waals surface area contributed by atoms with Gasteiger partial charge in [-0.3, -0.25) is 4.90 Å². The first-order valence-electron chi connectivity index (χ1n) is 9.22. The number of benzene rings is 1. The second kappa shape index (κ2) is 7.26. The molecule has 1 aliphatic rings. The second-order valence-corrected chi connectivity index (χ2v) is 8.28. The second-order valence-electron chi connectivity index (χ2n) is 8.28. The number of aryl methyl sites for hydroxylation is 1. The Morgan fingerprint density at radius 1 is 1.16 bits per heavy atom. The zero-order chi connectivity index (χ0) is 18.0. The van der Waals surface area contributed by atoms with Crippen LogP contribution in [0.5, 0.6) is 0 Å². The fourth-order valence-corrected chi connectivity index (χ4v) is 3.43. The third-order valence-corrected chi connectivity index (χ3v) is 5.39. The van der Waals surface area contributed by atoms with Gasteiger partial charge in [-0.2, -0.15) is 0 Å². The number of fused-ring (bicyclic) bond motifs is 1. The van der Waals surface area contributed by atoms with Crippen LogP contribution in [0.2, 0.25) is 0 Å². The summed E-state index contributed by atoms with van der Waals surface area (Å²) in [5.74, 6) is 1.95. The van der Waals surface area contributed by atoms with Gasteiger partial charge in [-0.25, -0.2) is 0 Å². The first kappa shape index (κ1) is 18.1. The molecule has 0 saturated heterocycles. The molecule has 0 unspecified atom stereocenters. The van der Waals surface area contributed by atoms with Crippen LogP contribution < -0.4 is 5.32 Å². The number of aromatic nitrogens is 3. The summed E-state index contributed by atoms with van der Waals surface area (Å²) >= 11 is 0. The van der Waals surface area contributed by atoms with Crippen LogP contribution in [-0.4, -0.2) is 38.8 Å². The Bertz CT molecular complexity index is 713. The van der Waals surface area contributed by atoms with Gasteiger partial charge in [0.05, 0.1) is 6.54 Å². The highest BCUT2D eigenvalue weighted by Gasteiger charge is 2.28. The van der Waals surface area contributed by atoms with Crippen molar-refractivity contribution in [1.29, 1.82) is 0 Å². The summed E-state index contributed by atoms with van der Waals surface area (Å²) in [6.07, 6.45) is 1.15. The maximum atomic E-state index is 4.28. The summed E-state index contributed by atoms with van der Waals surface area (Å²) in [6.45, 7) is 12.9. The molecule has 1 aliphatic heterocycles. The van der Waals surface area contributed by atoms with Crippen LogP contribution in [0.3, 0.4) is 0 Å². The number of nitrogens with one attached hydrogen (secondary N) is 1. The lowest BCUT2D eigenvalue weighted by molar-refractivity contribution is 0.160. The molecular weight excluding hydrogens is 310 g/mol. The van der Waals surface area contributed by atoms with Crippen molar-refractivity contribution in [1.82, 2.24) is 25.0 Å². The summed E-state index contributed by atoms with van der Waals surface area (Å²) in [6, 6.07) is 9.23. The van der Waals surface area contributed by atoms with Crippen LogP contribution in [0.1, 0.15) is 43.5 Å². The lowest BCUT2D eigenvalue weighted by Gasteiger charge is -2.38. The molecule has 1 N–H and O–H groups in total. The third kappa shape index (κ3) is 4.28. The standard InChI is InChI=1S/C20H31N5/c1-15-22-23-19(24(15)5)12-21-18(20(2,3)4)14-25-11-10-16-8-6-7-9-17(16)13-25/h6-9,18,21H,10-14H2,1-5H3/t18-/m0/s1. The van der Waals surface area contributed by atoms with Gasteiger partial charge >= 0.3 is 0 Å². The van der Waals surface area contributed by atoms with Gasteiger partial charge in [-0.05, 0) is 29.9 Å². The summed E-state index contributed by atoms with van der Waals surface area (Å²) in [5, 5.41) is 12.2. The molecule has 1 atom stereocenters. The summed E-state index contributed by atoms with van der Waals surface area (Å²) in [4.78, 5) is 2.58. The van der Waals surface area contributed by atoms with E-state index < -0.39 is 0 Å². The van der Waals surface area contributed by atoms with Crippen LogP contribution in [-0.2, 0) is 26.6 Å². The molecule has 3 rings (SSSR count). The topological polar surface area (TPSA) is 46.0 Å². The van der Waals surface area contributed by atoms with Gasteiger partial charge in [0.2, 0.25) is 0 Å². The number of rotatable bonds is 5. The maximum Gasteiger partial charge on any atom is 0.146 e. The molecule has 0 amide bonds. The maximum absolute atomic E-state index is 4.28. The van der Waals surface area contributed by atoms with E-state index in [1.165, 1.54) is 11.1 Å². The van der Waals surface area contributed by atoms with Crippen molar-refractivity contribution in [2.45, 2.75) is 53.2 Å². The summed E-state index contributed by atoms with van der Waals surface area (Å²) < 4.78 is 2.06. The summed E-state index contributed by atoms with van der Waals surface area (Å²) in [5.41, 5.74) is 3.17. The van der Waals surface area contributed by atoms with Crippen LogP contribution >= 0.6 is 0 Å². The third-order valence-electron chi connectivity index (χ3n) is 5.39. The molecule has 25 heavy (non-hydrogen) atoms. The lowest BCUT2D eigenvalue weighted by atomic mass is 9.85. The molecule has 1 aromatic heterocycles. The van der Waals surface area contributed by atoms with E-state index in [1.807, 2.05) is 14.0 Å². The van der Waals surface area contributed by atoms with Gasteiger partial charge in [-0.1, -0.05) is 45.0 Å². The predicted octanol–water partition coefficient (Wildman–Crippen LogP) is 2.69. The molecule has 0 fully saturated rings. The lowest BCUT2D eigenvalue weighted by Crippen LogP contribution is -2.49. The van der Waals surface area contributed by atoms with E-state index in [9.17, 15) is 0 Å². The normalized spacial score (nSPS) is 16.7. The molecular formula is C20H31N5. The molecule has 0 spiro atoms. The summed E-state index contributed by atoms with van der Waals surface area (Å²) in [7, 11) is 2.03. The van der Waals surface area contributed by atoms with Crippen molar-refractivity contribution in [3.8, 4) is 0 Å². The first-order chi connectivity index (χ1) is 11.8. The molecule has 2 heterocycles. The van der Waals surface area contributed by atoms with E-state index >= 15 is 0 Å². The van der Waals surface area contributed by atoms with Crippen molar-refractivity contribution in [3.63, 3.8) is 0 Å². The van der Waals surface area contributed by atoms with Gasteiger partial charge in [0.15, 0.2) is 0 Å². The fourth-order valence-electron chi connectivity index (χ4n) is 3.43. The van der Waals surface area contributed by atoms with Crippen molar-refractivity contribution in [2.75, 3.05) is 13.1 Å². The van der Waals surface area contributed by atoms with Crippen LogP contribution in [0.25, 0.3) is 0 Å². The van der Waals surface area contributed by atoms with Crippen molar-refractivity contribution in [3.05, 3.63) is 47.0 Å². The zero-order valence-electron chi connectivity index (χ0n) is 16.2. The van der Waals surface area contributed by atoms with Gasteiger partial charge in [0.25, 0.3) is 0 Å². The minimum absolute atomic E-state index is 0.185. The predicted molar refractivity (Wildman–Crippen MR) is 101 cm³/mol. The van der Waals surface area contributed by atoms with Gasteiger partial charge in [0.1, 0.15) is 11.6 Å².